The van der Waals surface area contributed by atoms with Crippen LogP contribution in [0, 0.1) is 0 Å². The van der Waals surface area contributed by atoms with Crippen molar-refractivity contribution in [2.75, 3.05) is 17.3 Å². The maximum absolute atomic E-state index is 12.0. The lowest BCUT2D eigenvalue weighted by molar-refractivity contribution is -0.144. The SMILES string of the molecule is CC(C)c1ccc(-n2nnnc2SCC(=O)O[C@H]2CCS(=O)(=O)C2)cc1. The number of sulfone groups is 1. The molecule has 1 saturated heterocycles. The molecule has 1 aromatic carbocycles. The average molecular weight is 396 g/mol. The first-order valence-electron chi connectivity index (χ1n) is 8.25. The Balaban J connectivity index is 1.59. The summed E-state index contributed by atoms with van der Waals surface area (Å²) in [6, 6.07) is 7.89. The molecule has 2 heterocycles. The zero-order valence-corrected chi connectivity index (χ0v) is 16.2. The van der Waals surface area contributed by atoms with Gasteiger partial charge in [-0.2, -0.15) is 4.68 Å². The number of rotatable bonds is 6. The number of carbonyl (C=O) groups excluding carboxylic acids is 1. The molecule has 0 saturated carbocycles. The van der Waals surface area contributed by atoms with Crippen molar-refractivity contribution >= 4 is 27.6 Å². The molecule has 26 heavy (non-hydrogen) atoms. The molecule has 0 radical (unpaired) electrons. The highest BCUT2D eigenvalue weighted by atomic mass is 32.2. The van der Waals surface area contributed by atoms with Crippen LogP contribution >= 0.6 is 11.8 Å². The Morgan fingerprint density at radius 2 is 2.08 bits per heavy atom. The summed E-state index contributed by atoms with van der Waals surface area (Å²) >= 11 is 1.15. The van der Waals surface area contributed by atoms with Crippen LogP contribution in [0.4, 0.5) is 0 Å². The van der Waals surface area contributed by atoms with Crippen LogP contribution in [0.5, 0.6) is 0 Å². The number of esters is 1. The second kappa shape index (κ2) is 7.75. The number of aromatic nitrogens is 4. The summed E-state index contributed by atoms with van der Waals surface area (Å²) in [5.41, 5.74) is 2.02. The van der Waals surface area contributed by atoms with Crippen LogP contribution in [0.15, 0.2) is 29.4 Å². The molecule has 10 heteroatoms. The fourth-order valence-electron chi connectivity index (χ4n) is 2.63. The van der Waals surface area contributed by atoms with E-state index < -0.39 is 21.9 Å². The molecular weight excluding hydrogens is 376 g/mol. The van der Waals surface area contributed by atoms with E-state index in [0.717, 1.165) is 17.4 Å². The molecule has 0 N–H and O–H groups in total. The lowest BCUT2D eigenvalue weighted by atomic mass is 10.0. The highest BCUT2D eigenvalue weighted by Crippen LogP contribution is 2.22. The molecule has 1 aliphatic rings. The molecule has 3 rings (SSSR count). The van der Waals surface area contributed by atoms with Gasteiger partial charge in [0, 0.05) is 0 Å². The van der Waals surface area contributed by atoms with Crippen molar-refractivity contribution in [2.24, 2.45) is 0 Å². The van der Waals surface area contributed by atoms with Crippen molar-refractivity contribution in [1.82, 2.24) is 20.2 Å². The molecule has 2 aromatic rings. The average Bonchev–Trinajstić information content (AvgIpc) is 3.19. The number of carbonyl (C=O) groups is 1. The van der Waals surface area contributed by atoms with Gasteiger partial charge >= 0.3 is 5.97 Å². The van der Waals surface area contributed by atoms with Gasteiger partial charge < -0.3 is 4.74 Å². The van der Waals surface area contributed by atoms with Crippen LogP contribution in [-0.4, -0.2) is 58.0 Å². The lowest BCUT2D eigenvalue weighted by Gasteiger charge is -2.10. The van der Waals surface area contributed by atoms with Crippen LogP contribution in [0.3, 0.4) is 0 Å². The van der Waals surface area contributed by atoms with Crippen LogP contribution in [-0.2, 0) is 19.4 Å². The van der Waals surface area contributed by atoms with Crippen LogP contribution in [0.25, 0.3) is 5.69 Å². The molecule has 1 aromatic heterocycles. The molecule has 1 atom stereocenters. The zero-order valence-electron chi connectivity index (χ0n) is 14.5. The molecule has 140 valence electrons. The second-order valence-corrected chi connectivity index (χ2v) is 9.59. The Morgan fingerprint density at radius 3 is 2.69 bits per heavy atom. The van der Waals surface area contributed by atoms with E-state index in [0.29, 0.717) is 17.5 Å². The van der Waals surface area contributed by atoms with Crippen molar-refractivity contribution < 1.29 is 17.9 Å². The fraction of sp³-hybridized carbons (Fsp3) is 0.500. The van der Waals surface area contributed by atoms with E-state index in [1.807, 2.05) is 24.3 Å². The standard InChI is InChI=1S/C16H20N4O4S2/c1-11(2)12-3-5-13(6-4-12)20-16(17-18-19-20)25-9-15(21)24-14-7-8-26(22,23)10-14/h3-6,11,14H,7-10H2,1-2H3/t14-/m0/s1. The summed E-state index contributed by atoms with van der Waals surface area (Å²) in [4.78, 5) is 12.0. The molecular formula is C16H20N4O4S2. The molecule has 8 nitrogen and oxygen atoms in total. The maximum Gasteiger partial charge on any atom is 0.316 e. The minimum atomic E-state index is -3.07. The van der Waals surface area contributed by atoms with Gasteiger partial charge in [0.2, 0.25) is 5.16 Å². The number of nitrogens with zero attached hydrogens (tertiary/aromatic N) is 4. The van der Waals surface area contributed by atoms with E-state index in [1.54, 1.807) is 4.68 Å². The van der Waals surface area contributed by atoms with E-state index in [2.05, 4.69) is 29.4 Å². The highest BCUT2D eigenvalue weighted by Gasteiger charge is 2.30. The Bertz CT molecular complexity index is 878. The normalized spacial score (nSPS) is 19.0. The number of tetrazole rings is 1. The number of hydrogen-bond donors (Lipinski definition) is 0. The summed E-state index contributed by atoms with van der Waals surface area (Å²) in [7, 11) is -3.07. The van der Waals surface area contributed by atoms with E-state index in [4.69, 9.17) is 4.74 Å². The van der Waals surface area contributed by atoms with Gasteiger partial charge in [-0.1, -0.05) is 37.7 Å². The fourth-order valence-corrected chi connectivity index (χ4v) is 4.89. The highest BCUT2D eigenvalue weighted by molar-refractivity contribution is 7.99. The smallest absolute Gasteiger partial charge is 0.316 e. The zero-order chi connectivity index (χ0) is 18.7. The monoisotopic (exact) mass is 396 g/mol. The maximum atomic E-state index is 12.0. The Kier molecular flexibility index (Phi) is 5.61. The third-order valence-electron chi connectivity index (χ3n) is 4.05. The number of hydrogen-bond acceptors (Lipinski definition) is 8. The summed E-state index contributed by atoms with van der Waals surface area (Å²) < 4.78 is 29.6. The second-order valence-electron chi connectivity index (χ2n) is 6.42. The van der Waals surface area contributed by atoms with E-state index in [9.17, 15) is 13.2 Å². The quantitative estimate of drug-likeness (QED) is 0.536. The largest absolute Gasteiger partial charge is 0.461 e. The molecule has 1 aliphatic heterocycles. The third-order valence-corrected chi connectivity index (χ3v) is 6.68. The van der Waals surface area contributed by atoms with Gasteiger partial charge in [0.15, 0.2) is 9.84 Å². The van der Waals surface area contributed by atoms with Crippen LogP contribution in [0.2, 0.25) is 0 Å². The predicted molar refractivity (Wildman–Crippen MR) is 97.1 cm³/mol. The van der Waals surface area contributed by atoms with Crippen molar-refractivity contribution in [3.8, 4) is 5.69 Å². The van der Waals surface area contributed by atoms with Crippen molar-refractivity contribution in [3.63, 3.8) is 0 Å². The summed E-state index contributed by atoms with van der Waals surface area (Å²) in [5.74, 6) is -0.0460. The first-order chi connectivity index (χ1) is 12.3. The van der Waals surface area contributed by atoms with Gasteiger partial charge in [-0.3, -0.25) is 4.79 Å². The van der Waals surface area contributed by atoms with Crippen molar-refractivity contribution in [3.05, 3.63) is 29.8 Å². The molecule has 0 amide bonds. The minimum Gasteiger partial charge on any atom is -0.461 e. The Morgan fingerprint density at radius 1 is 1.35 bits per heavy atom. The molecule has 0 spiro atoms. The molecule has 0 unspecified atom stereocenters. The van der Waals surface area contributed by atoms with E-state index in [1.165, 1.54) is 5.56 Å². The lowest BCUT2D eigenvalue weighted by Crippen LogP contribution is -2.20. The van der Waals surface area contributed by atoms with E-state index in [-0.39, 0.29) is 17.3 Å². The number of benzene rings is 1. The van der Waals surface area contributed by atoms with Crippen molar-refractivity contribution in [2.45, 2.75) is 37.4 Å². The minimum absolute atomic E-state index is 0.0149. The van der Waals surface area contributed by atoms with Gasteiger partial charge in [-0.05, 0) is 40.5 Å². The Labute approximate surface area is 156 Å². The molecule has 0 aliphatic carbocycles. The first-order valence-corrected chi connectivity index (χ1v) is 11.1. The molecule has 1 fully saturated rings. The summed E-state index contributed by atoms with van der Waals surface area (Å²) in [6.07, 6.45) is -0.189. The summed E-state index contributed by atoms with van der Waals surface area (Å²) in [6.45, 7) is 4.24. The van der Waals surface area contributed by atoms with Gasteiger partial charge in [0.1, 0.15) is 6.10 Å². The van der Waals surface area contributed by atoms with Gasteiger partial charge in [-0.15, -0.1) is 5.10 Å². The van der Waals surface area contributed by atoms with Gasteiger partial charge in [0.05, 0.1) is 22.9 Å². The van der Waals surface area contributed by atoms with Gasteiger partial charge in [0.25, 0.3) is 0 Å². The number of thioether (sulfide) groups is 1. The topological polar surface area (TPSA) is 104 Å². The molecule has 0 bridgehead atoms. The van der Waals surface area contributed by atoms with E-state index >= 15 is 0 Å². The van der Waals surface area contributed by atoms with Crippen LogP contribution < -0.4 is 0 Å². The van der Waals surface area contributed by atoms with Crippen LogP contribution in [0.1, 0.15) is 31.7 Å². The summed E-state index contributed by atoms with van der Waals surface area (Å²) in [5, 5.41) is 12.0. The van der Waals surface area contributed by atoms with Gasteiger partial charge in [-0.25, -0.2) is 8.42 Å². The van der Waals surface area contributed by atoms with Crippen molar-refractivity contribution in [1.29, 1.82) is 0 Å². The number of ether oxygens (including phenoxy) is 1. The predicted octanol–water partition coefficient (Wildman–Crippen LogP) is 1.61. The third kappa shape index (κ3) is 4.61. The Hall–Kier alpha value is -1.94. The first kappa shape index (κ1) is 18.8.